The van der Waals surface area contributed by atoms with Crippen molar-refractivity contribution in [3.63, 3.8) is 0 Å². The Morgan fingerprint density at radius 3 is 2.50 bits per heavy atom. The molecular weight excluding hydrogens is 480 g/mol. The van der Waals surface area contributed by atoms with Crippen LogP contribution in [0, 0.1) is 5.82 Å². The molecule has 0 unspecified atom stereocenters. The number of carbonyl (C=O) groups excluding carboxylic acids is 1. The first-order chi connectivity index (χ1) is 17.1. The number of nitrogens with zero attached hydrogens (tertiary/aromatic N) is 4. The third-order valence-electron chi connectivity index (χ3n) is 4.83. The van der Waals surface area contributed by atoms with E-state index in [1.54, 1.807) is 17.9 Å². The lowest BCUT2D eigenvalue weighted by Crippen LogP contribution is -2.07. The van der Waals surface area contributed by atoms with Crippen LogP contribution < -0.4 is 15.4 Å². The Labute approximate surface area is 202 Å². The van der Waals surface area contributed by atoms with Crippen molar-refractivity contribution < 1.29 is 27.1 Å². The van der Waals surface area contributed by atoms with Crippen molar-refractivity contribution in [1.29, 1.82) is 0 Å². The number of nitrogens with one attached hydrogen (secondary N) is 2. The van der Waals surface area contributed by atoms with E-state index in [2.05, 4.69) is 32.3 Å². The number of hydrogen-bond acceptors (Lipinski definition) is 6. The van der Waals surface area contributed by atoms with Gasteiger partial charge in [0.05, 0.1) is 23.0 Å². The molecule has 0 aliphatic heterocycles. The van der Waals surface area contributed by atoms with E-state index in [0.29, 0.717) is 11.3 Å². The van der Waals surface area contributed by atoms with Crippen molar-refractivity contribution in [2.45, 2.75) is 6.18 Å². The van der Waals surface area contributed by atoms with E-state index in [9.17, 15) is 22.4 Å². The number of alkyl halides is 3. The molecule has 0 bridgehead atoms. The number of hydrogen-bond donors (Lipinski definition) is 2. The number of aromatic nitrogens is 4. The van der Waals surface area contributed by atoms with Crippen LogP contribution >= 0.6 is 0 Å². The smallest absolute Gasteiger partial charge is 0.416 e. The first-order valence-corrected chi connectivity index (χ1v) is 10.3. The first-order valence-electron chi connectivity index (χ1n) is 10.3. The Morgan fingerprint density at radius 1 is 1.11 bits per heavy atom. The first kappa shape index (κ1) is 24.4. The van der Waals surface area contributed by atoms with Crippen LogP contribution in [0.4, 0.5) is 34.9 Å². The second kappa shape index (κ2) is 9.86. The Hall–Kier alpha value is -4.74. The number of rotatable bonds is 7. The van der Waals surface area contributed by atoms with Crippen LogP contribution in [0.25, 0.3) is 11.1 Å². The zero-order chi connectivity index (χ0) is 25.9. The fourth-order valence-electron chi connectivity index (χ4n) is 3.11. The number of ether oxygens (including phenoxy) is 1. The summed E-state index contributed by atoms with van der Waals surface area (Å²) in [5, 5.41) is 9.45. The zero-order valence-corrected chi connectivity index (χ0v) is 18.7. The highest BCUT2D eigenvalue weighted by molar-refractivity contribution is 5.99. The molecule has 2 heterocycles. The SMILES string of the molecule is C=CC(=O)Nc1ccc(F)c(Oc2nc(Nc3cnn(C)c3)ncc2-c2ccc(C(F)(F)F)cc2)c1. The summed E-state index contributed by atoms with van der Waals surface area (Å²) in [7, 11) is 1.72. The van der Waals surface area contributed by atoms with Gasteiger partial charge in [-0.15, -0.1) is 0 Å². The number of aryl methyl sites for hydroxylation is 1. The Morgan fingerprint density at radius 2 is 1.86 bits per heavy atom. The van der Waals surface area contributed by atoms with Gasteiger partial charge in [0.25, 0.3) is 0 Å². The van der Waals surface area contributed by atoms with Gasteiger partial charge in [-0.05, 0) is 35.9 Å². The predicted molar refractivity (Wildman–Crippen MR) is 124 cm³/mol. The number of carbonyl (C=O) groups is 1. The minimum absolute atomic E-state index is 0.0742. The summed E-state index contributed by atoms with van der Waals surface area (Å²) in [5.74, 6) is -1.61. The second-order valence-electron chi connectivity index (χ2n) is 7.46. The van der Waals surface area contributed by atoms with E-state index in [1.165, 1.54) is 36.7 Å². The van der Waals surface area contributed by atoms with Gasteiger partial charge in [-0.1, -0.05) is 18.7 Å². The van der Waals surface area contributed by atoms with Gasteiger partial charge in [0.2, 0.25) is 17.7 Å². The minimum atomic E-state index is -4.51. The Bertz CT molecular complexity index is 1420. The van der Waals surface area contributed by atoms with E-state index in [0.717, 1.165) is 24.3 Å². The summed E-state index contributed by atoms with van der Waals surface area (Å²) < 4.78 is 60.9. The topological polar surface area (TPSA) is 94.0 Å². The summed E-state index contributed by atoms with van der Waals surface area (Å²) in [6.07, 6.45) is 1.07. The monoisotopic (exact) mass is 498 g/mol. The lowest BCUT2D eigenvalue weighted by Gasteiger charge is -2.14. The number of anilines is 3. The molecular formula is C24H18F4N6O2. The van der Waals surface area contributed by atoms with Gasteiger partial charge in [-0.3, -0.25) is 9.48 Å². The molecule has 0 spiro atoms. The van der Waals surface area contributed by atoms with Gasteiger partial charge in [-0.25, -0.2) is 9.37 Å². The van der Waals surface area contributed by atoms with Crippen molar-refractivity contribution in [3.8, 4) is 22.8 Å². The van der Waals surface area contributed by atoms with Crippen LogP contribution in [-0.4, -0.2) is 25.7 Å². The van der Waals surface area contributed by atoms with Gasteiger partial charge in [0, 0.05) is 31.2 Å². The highest BCUT2D eigenvalue weighted by atomic mass is 19.4. The zero-order valence-electron chi connectivity index (χ0n) is 18.7. The lowest BCUT2D eigenvalue weighted by atomic mass is 10.1. The Balaban J connectivity index is 1.74. The van der Waals surface area contributed by atoms with Gasteiger partial charge in [0.15, 0.2) is 11.6 Å². The average Bonchev–Trinajstić information content (AvgIpc) is 3.25. The van der Waals surface area contributed by atoms with E-state index in [4.69, 9.17) is 4.74 Å². The van der Waals surface area contributed by atoms with Crippen molar-refractivity contribution >= 4 is 23.2 Å². The molecule has 1 amide bonds. The van der Waals surface area contributed by atoms with Crippen LogP contribution in [0.2, 0.25) is 0 Å². The summed E-state index contributed by atoms with van der Waals surface area (Å²) in [6.45, 7) is 3.36. The molecule has 0 radical (unpaired) electrons. The van der Waals surface area contributed by atoms with E-state index in [-0.39, 0.29) is 28.8 Å². The van der Waals surface area contributed by atoms with Crippen LogP contribution in [0.3, 0.4) is 0 Å². The van der Waals surface area contributed by atoms with Crippen LogP contribution in [0.5, 0.6) is 11.6 Å². The molecule has 184 valence electrons. The largest absolute Gasteiger partial charge is 0.435 e. The number of amides is 1. The molecule has 4 aromatic rings. The fraction of sp³-hybridized carbons (Fsp3) is 0.0833. The predicted octanol–water partition coefficient (Wildman–Crippen LogP) is 5.70. The van der Waals surface area contributed by atoms with Crippen LogP contribution in [0.1, 0.15) is 5.56 Å². The Kier molecular flexibility index (Phi) is 6.68. The molecule has 0 fully saturated rings. The van der Waals surface area contributed by atoms with Crippen LogP contribution in [0.15, 0.2) is 73.7 Å². The summed E-state index contributed by atoms with van der Waals surface area (Å²) in [5.41, 5.74) is 0.477. The maximum absolute atomic E-state index is 14.6. The summed E-state index contributed by atoms with van der Waals surface area (Å²) in [6, 6.07) is 7.94. The lowest BCUT2D eigenvalue weighted by molar-refractivity contribution is -0.137. The van der Waals surface area contributed by atoms with Gasteiger partial charge >= 0.3 is 6.18 Å². The van der Waals surface area contributed by atoms with Gasteiger partial charge in [0.1, 0.15) is 0 Å². The molecule has 8 nitrogen and oxygen atoms in total. The van der Waals surface area contributed by atoms with Crippen LogP contribution in [-0.2, 0) is 18.0 Å². The third kappa shape index (κ3) is 5.66. The molecule has 2 aromatic heterocycles. The van der Waals surface area contributed by atoms with Crippen molar-refractivity contribution in [3.05, 3.63) is 85.1 Å². The van der Waals surface area contributed by atoms with Gasteiger partial charge in [-0.2, -0.15) is 23.3 Å². The molecule has 0 saturated carbocycles. The molecule has 0 aliphatic carbocycles. The van der Waals surface area contributed by atoms with Gasteiger partial charge < -0.3 is 15.4 Å². The maximum atomic E-state index is 14.6. The number of halogens is 4. The standard InChI is InChI=1S/C24H18F4N6O2/c1-3-21(35)31-16-8-9-19(25)20(10-16)36-22-18(14-4-6-15(7-5-14)24(26,27)28)12-29-23(33-22)32-17-11-30-34(2)13-17/h3-13H,1H2,2H3,(H,31,35)(H,29,32,33). The highest BCUT2D eigenvalue weighted by Gasteiger charge is 2.30. The summed E-state index contributed by atoms with van der Waals surface area (Å²) >= 11 is 0. The minimum Gasteiger partial charge on any atom is -0.435 e. The second-order valence-corrected chi connectivity index (χ2v) is 7.46. The molecule has 4 rings (SSSR count). The van der Waals surface area contributed by atoms with E-state index in [1.807, 2.05) is 0 Å². The third-order valence-corrected chi connectivity index (χ3v) is 4.83. The molecule has 2 N–H and O–H groups in total. The molecule has 0 atom stereocenters. The van der Waals surface area contributed by atoms with Crippen molar-refractivity contribution in [2.24, 2.45) is 7.05 Å². The van der Waals surface area contributed by atoms with Crippen molar-refractivity contribution in [2.75, 3.05) is 10.6 Å². The molecule has 2 aromatic carbocycles. The molecule has 0 aliphatic rings. The molecule has 12 heteroatoms. The molecule has 36 heavy (non-hydrogen) atoms. The quantitative estimate of drug-likeness (QED) is 0.251. The van der Waals surface area contributed by atoms with Crippen molar-refractivity contribution in [1.82, 2.24) is 19.7 Å². The van der Waals surface area contributed by atoms with E-state index < -0.39 is 23.5 Å². The average molecular weight is 498 g/mol. The number of benzene rings is 2. The summed E-state index contributed by atoms with van der Waals surface area (Å²) in [4.78, 5) is 20.1. The highest BCUT2D eigenvalue weighted by Crippen LogP contribution is 2.36. The maximum Gasteiger partial charge on any atom is 0.416 e. The molecule has 0 saturated heterocycles. The van der Waals surface area contributed by atoms with E-state index >= 15 is 0 Å². The normalized spacial score (nSPS) is 11.1. The fourth-order valence-corrected chi connectivity index (χ4v) is 3.11.